The van der Waals surface area contributed by atoms with Crippen LogP contribution in [-0.4, -0.2) is 51.7 Å². The number of nitrogens with zero attached hydrogens (tertiary/aromatic N) is 1. The molecule has 1 aromatic rings. The number of carbonyl (C=O) groups excluding carboxylic acids is 1. The van der Waals surface area contributed by atoms with Crippen LogP contribution in [0.3, 0.4) is 0 Å². The normalized spacial score (nSPS) is 18.7. The van der Waals surface area contributed by atoms with Crippen LogP contribution in [0.2, 0.25) is 0 Å². The summed E-state index contributed by atoms with van der Waals surface area (Å²) >= 11 is 0. The highest BCUT2D eigenvalue weighted by molar-refractivity contribution is 5.82. The van der Waals surface area contributed by atoms with Crippen molar-refractivity contribution in [2.75, 3.05) is 38.2 Å². The van der Waals surface area contributed by atoms with Crippen molar-refractivity contribution >= 4 is 11.6 Å². The van der Waals surface area contributed by atoms with Gasteiger partial charge in [-0.3, -0.25) is 4.79 Å². The third-order valence-corrected chi connectivity index (χ3v) is 3.36. The molecular weight excluding hydrogens is 280 g/mol. The Kier molecular flexibility index (Phi) is 5.32. The first-order valence-corrected chi connectivity index (χ1v) is 6.78. The number of nitrogens with one attached hydrogen (secondary N) is 2. The standard InChI is InChI=1S/C14H19F2N3O2/c1-21-11-4-2-10(3-5-11)19-7-6-17-12(9-19)14(20)18-8-13(15)16/h2-5,12-13,17H,6-9H2,1H3,(H,18,20)/t12-/m1/s1. The van der Waals surface area contributed by atoms with E-state index in [1.54, 1.807) is 7.11 Å². The van der Waals surface area contributed by atoms with Gasteiger partial charge >= 0.3 is 0 Å². The molecule has 2 N–H and O–H groups in total. The lowest BCUT2D eigenvalue weighted by atomic mass is 10.1. The number of piperazine rings is 1. The predicted octanol–water partition coefficient (Wildman–Crippen LogP) is 0.855. The van der Waals surface area contributed by atoms with Gasteiger partial charge in [-0.1, -0.05) is 0 Å². The Morgan fingerprint density at radius 1 is 1.48 bits per heavy atom. The molecule has 1 aliphatic rings. The van der Waals surface area contributed by atoms with Crippen molar-refractivity contribution in [1.82, 2.24) is 10.6 Å². The fourth-order valence-electron chi connectivity index (χ4n) is 2.25. The molecule has 7 heteroatoms. The smallest absolute Gasteiger partial charge is 0.255 e. The number of rotatable bonds is 5. The topological polar surface area (TPSA) is 53.6 Å². The van der Waals surface area contributed by atoms with E-state index < -0.39 is 24.9 Å². The van der Waals surface area contributed by atoms with Gasteiger partial charge in [-0.15, -0.1) is 0 Å². The molecule has 0 radical (unpaired) electrons. The summed E-state index contributed by atoms with van der Waals surface area (Å²) in [6, 6.07) is 7.04. The van der Waals surface area contributed by atoms with Crippen molar-refractivity contribution < 1.29 is 18.3 Å². The molecule has 2 rings (SSSR count). The molecule has 1 amide bonds. The Morgan fingerprint density at radius 2 is 2.19 bits per heavy atom. The van der Waals surface area contributed by atoms with Gasteiger partial charge in [0.05, 0.1) is 13.7 Å². The van der Waals surface area contributed by atoms with Crippen molar-refractivity contribution in [3.63, 3.8) is 0 Å². The zero-order chi connectivity index (χ0) is 15.2. The molecule has 0 saturated carbocycles. The number of carbonyl (C=O) groups is 1. The summed E-state index contributed by atoms with van der Waals surface area (Å²) in [4.78, 5) is 13.9. The van der Waals surface area contributed by atoms with Crippen molar-refractivity contribution in [3.8, 4) is 5.75 Å². The van der Waals surface area contributed by atoms with Crippen molar-refractivity contribution in [2.45, 2.75) is 12.5 Å². The number of amides is 1. The predicted molar refractivity (Wildman–Crippen MR) is 76.0 cm³/mol. The maximum Gasteiger partial charge on any atom is 0.255 e. The van der Waals surface area contributed by atoms with Gasteiger partial charge in [0, 0.05) is 25.3 Å². The lowest BCUT2D eigenvalue weighted by molar-refractivity contribution is -0.123. The second-order valence-electron chi connectivity index (χ2n) is 4.79. The molecule has 1 saturated heterocycles. The number of methoxy groups -OCH3 is 1. The Bertz CT molecular complexity index is 468. The monoisotopic (exact) mass is 299 g/mol. The average Bonchev–Trinajstić information content (AvgIpc) is 2.52. The molecule has 1 aromatic carbocycles. The third kappa shape index (κ3) is 4.29. The number of hydrogen-bond donors (Lipinski definition) is 2. The molecule has 1 aliphatic heterocycles. The second-order valence-corrected chi connectivity index (χ2v) is 4.79. The molecule has 1 heterocycles. The van der Waals surface area contributed by atoms with Gasteiger partial charge in [-0.25, -0.2) is 8.78 Å². The molecular formula is C14H19F2N3O2. The Labute approximate surface area is 122 Å². The highest BCUT2D eigenvalue weighted by Crippen LogP contribution is 2.20. The highest BCUT2D eigenvalue weighted by Gasteiger charge is 2.25. The summed E-state index contributed by atoms with van der Waals surface area (Å²) in [6.45, 7) is 1.21. The van der Waals surface area contributed by atoms with Crippen LogP contribution in [-0.2, 0) is 4.79 Å². The first-order valence-electron chi connectivity index (χ1n) is 6.78. The maximum atomic E-state index is 12.1. The summed E-state index contributed by atoms with van der Waals surface area (Å²) in [7, 11) is 1.60. The number of ether oxygens (including phenoxy) is 1. The molecule has 0 aromatic heterocycles. The molecule has 116 valence electrons. The minimum absolute atomic E-state index is 0.395. The van der Waals surface area contributed by atoms with Crippen LogP contribution in [0.15, 0.2) is 24.3 Å². The van der Waals surface area contributed by atoms with E-state index in [9.17, 15) is 13.6 Å². The van der Waals surface area contributed by atoms with E-state index in [1.807, 2.05) is 29.2 Å². The Hall–Kier alpha value is -1.89. The SMILES string of the molecule is COc1ccc(N2CCN[C@@H](C(=O)NCC(F)F)C2)cc1. The third-order valence-electron chi connectivity index (χ3n) is 3.36. The van der Waals surface area contributed by atoms with E-state index in [4.69, 9.17) is 4.74 Å². The van der Waals surface area contributed by atoms with Gasteiger partial charge in [-0.2, -0.15) is 0 Å². The van der Waals surface area contributed by atoms with Gasteiger partial charge in [0.15, 0.2) is 0 Å². The molecule has 0 bridgehead atoms. The molecule has 0 spiro atoms. The first-order chi connectivity index (χ1) is 10.1. The lowest BCUT2D eigenvalue weighted by Gasteiger charge is -2.34. The van der Waals surface area contributed by atoms with Gasteiger partial charge < -0.3 is 20.3 Å². The van der Waals surface area contributed by atoms with Crippen LogP contribution in [0.4, 0.5) is 14.5 Å². The zero-order valence-corrected chi connectivity index (χ0v) is 11.8. The molecule has 5 nitrogen and oxygen atoms in total. The summed E-state index contributed by atoms with van der Waals surface area (Å²) in [5.74, 6) is 0.369. The van der Waals surface area contributed by atoms with E-state index in [1.165, 1.54) is 0 Å². The van der Waals surface area contributed by atoms with Crippen LogP contribution >= 0.6 is 0 Å². The fraction of sp³-hybridized carbons (Fsp3) is 0.500. The highest BCUT2D eigenvalue weighted by atomic mass is 19.3. The molecule has 21 heavy (non-hydrogen) atoms. The van der Waals surface area contributed by atoms with E-state index in [0.29, 0.717) is 13.1 Å². The summed E-state index contributed by atoms with van der Waals surface area (Å²) in [6.07, 6.45) is -2.53. The van der Waals surface area contributed by atoms with Gasteiger partial charge in [-0.05, 0) is 24.3 Å². The van der Waals surface area contributed by atoms with E-state index >= 15 is 0 Å². The second kappa shape index (κ2) is 7.21. The largest absolute Gasteiger partial charge is 0.497 e. The van der Waals surface area contributed by atoms with Crippen molar-refractivity contribution in [3.05, 3.63) is 24.3 Å². The van der Waals surface area contributed by atoms with Crippen LogP contribution in [0.5, 0.6) is 5.75 Å². The quantitative estimate of drug-likeness (QED) is 0.846. The van der Waals surface area contributed by atoms with Gasteiger partial charge in [0.25, 0.3) is 6.43 Å². The van der Waals surface area contributed by atoms with Crippen LogP contribution in [0.1, 0.15) is 0 Å². The van der Waals surface area contributed by atoms with Gasteiger partial charge in [0.1, 0.15) is 11.8 Å². The average molecular weight is 299 g/mol. The minimum atomic E-state index is -2.53. The minimum Gasteiger partial charge on any atom is -0.497 e. The van der Waals surface area contributed by atoms with E-state index in [0.717, 1.165) is 18.0 Å². The summed E-state index contributed by atoms with van der Waals surface area (Å²) < 4.78 is 29.3. The number of alkyl halides is 2. The van der Waals surface area contributed by atoms with E-state index in [-0.39, 0.29) is 0 Å². The number of benzene rings is 1. The Balaban J connectivity index is 1.94. The lowest BCUT2D eigenvalue weighted by Crippen LogP contribution is -2.57. The number of hydrogen-bond acceptors (Lipinski definition) is 4. The van der Waals surface area contributed by atoms with Gasteiger partial charge in [0.2, 0.25) is 5.91 Å². The summed E-state index contributed by atoms with van der Waals surface area (Å²) in [5, 5.41) is 5.29. The first kappa shape index (κ1) is 15.5. The number of halogens is 2. The maximum absolute atomic E-state index is 12.1. The van der Waals surface area contributed by atoms with Crippen LogP contribution in [0.25, 0.3) is 0 Å². The molecule has 0 unspecified atom stereocenters. The Morgan fingerprint density at radius 3 is 2.81 bits per heavy atom. The molecule has 1 atom stereocenters. The fourth-order valence-corrected chi connectivity index (χ4v) is 2.25. The van der Waals surface area contributed by atoms with Crippen molar-refractivity contribution in [2.24, 2.45) is 0 Å². The molecule has 1 fully saturated rings. The van der Waals surface area contributed by atoms with E-state index in [2.05, 4.69) is 10.6 Å². The summed E-state index contributed by atoms with van der Waals surface area (Å²) in [5.41, 5.74) is 0.976. The van der Waals surface area contributed by atoms with Crippen LogP contribution < -0.4 is 20.3 Å². The molecule has 0 aliphatic carbocycles. The zero-order valence-electron chi connectivity index (χ0n) is 11.8. The van der Waals surface area contributed by atoms with Crippen molar-refractivity contribution in [1.29, 1.82) is 0 Å². The number of anilines is 1. The van der Waals surface area contributed by atoms with Crippen LogP contribution in [0, 0.1) is 0 Å².